The number of hydrogen-bond donors (Lipinski definition) is 3. The van der Waals surface area contributed by atoms with Gasteiger partial charge in [0.05, 0.1) is 4.47 Å². The van der Waals surface area contributed by atoms with Gasteiger partial charge in [0.25, 0.3) is 0 Å². The number of rotatable bonds is 4. The Hall–Kier alpha value is -1.27. The Bertz CT molecular complexity index is 557. The second-order valence-electron chi connectivity index (χ2n) is 6.96. The van der Waals surface area contributed by atoms with Crippen molar-refractivity contribution in [2.24, 2.45) is 0 Å². The van der Waals surface area contributed by atoms with E-state index in [4.69, 9.17) is 4.74 Å². The first-order valence-corrected chi connectivity index (χ1v) is 8.74. The number of aromatic hydroxyl groups is 1. The predicted octanol–water partition coefficient (Wildman–Crippen LogP) is 3.69. The summed E-state index contributed by atoms with van der Waals surface area (Å²) in [4.78, 5) is 11.9. The zero-order valence-corrected chi connectivity index (χ0v) is 15.4. The Balaban J connectivity index is 1.86. The van der Waals surface area contributed by atoms with Gasteiger partial charge in [-0.25, -0.2) is 4.79 Å². The van der Waals surface area contributed by atoms with E-state index in [0.29, 0.717) is 11.0 Å². The van der Waals surface area contributed by atoms with Gasteiger partial charge in [0, 0.05) is 18.6 Å². The molecule has 0 heterocycles. The predicted molar refractivity (Wildman–Crippen MR) is 93.4 cm³/mol. The van der Waals surface area contributed by atoms with Gasteiger partial charge in [-0.15, -0.1) is 0 Å². The molecule has 1 aromatic carbocycles. The molecule has 5 nitrogen and oxygen atoms in total. The number of carbonyl (C=O) groups excluding carboxylic acids is 1. The highest BCUT2D eigenvalue weighted by Gasteiger charge is 2.29. The highest BCUT2D eigenvalue weighted by atomic mass is 79.9. The van der Waals surface area contributed by atoms with Crippen molar-refractivity contribution in [2.75, 3.05) is 0 Å². The third-order valence-electron chi connectivity index (χ3n) is 3.80. The van der Waals surface area contributed by atoms with Crippen LogP contribution in [0.4, 0.5) is 4.79 Å². The lowest BCUT2D eigenvalue weighted by Crippen LogP contribution is -2.47. The molecule has 0 aromatic heterocycles. The fourth-order valence-corrected chi connectivity index (χ4v) is 3.17. The molecule has 1 aliphatic rings. The number of ether oxygens (including phenoxy) is 1. The van der Waals surface area contributed by atoms with Gasteiger partial charge >= 0.3 is 6.09 Å². The molecule has 0 radical (unpaired) electrons. The molecular weight excluding hydrogens is 360 g/mol. The minimum atomic E-state index is -0.482. The van der Waals surface area contributed by atoms with Crippen LogP contribution in [0.1, 0.15) is 45.6 Å². The van der Waals surface area contributed by atoms with Gasteiger partial charge in [-0.3, -0.25) is 0 Å². The zero-order valence-electron chi connectivity index (χ0n) is 13.9. The normalized spacial score (nSPS) is 21.2. The third kappa shape index (κ3) is 5.70. The molecule has 1 aromatic rings. The van der Waals surface area contributed by atoms with Crippen LogP contribution in [0, 0.1) is 0 Å². The molecule has 2 atom stereocenters. The first-order valence-electron chi connectivity index (χ1n) is 7.95. The molecule has 0 aliphatic heterocycles. The van der Waals surface area contributed by atoms with Crippen LogP contribution in [0.3, 0.4) is 0 Å². The summed E-state index contributed by atoms with van der Waals surface area (Å²) in [6, 6.07) is 5.78. The first kappa shape index (κ1) is 18.1. The van der Waals surface area contributed by atoms with E-state index >= 15 is 0 Å². The van der Waals surface area contributed by atoms with Crippen LogP contribution in [0.2, 0.25) is 0 Å². The molecule has 3 N–H and O–H groups in total. The van der Waals surface area contributed by atoms with Crippen molar-refractivity contribution >= 4 is 22.0 Å². The van der Waals surface area contributed by atoms with E-state index in [0.717, 1.165) is 24.8 Å². The third-order valence-corrected chi connectivity index (χ3v) is 4.43. The SMILES string of the molecule is CC(C)(C)OC(=O)NC1CCCC1NCc1ccc(O)c(Br)c1. The second kappa shape index (κ2) is 7.53. The second-order valence-corrected chi connectivity index (χ2v) is 7.81. The highest BCUT2D eigenvalue weighted by Crippen LogP contribution is 2.25. The van der Waals surface area contributed by atoms with Crippen LogP contribution < -0.4 is 10.6 Å². The number of nitrogens with one attached hydrogen (secondary N) is 2. The lowest BCUT2D eigenvalue weighted by atomic mass is 10.1. The standard InChI is InChI=1S/C17H25BrN2O3/c1-17(2,3)23-16(22)20-14-6-4-5-13(14)19-10-11-7-8-15(21)12(18)9-11/h7-9,13-14,19,21H,4-6,10H2,1-3H3,(H,20,22). The summed E-state index contributed by atoms with van der Waals surface area (Å²) in [5.74, 6) is 0.235. The minimum absolute atomic E-state index is 0.0883. The average molecular weight is 385 g/mol. The van der Waals surface area contributed by atoms with Gasteiger partial charge < -0.3 is 20.5 Å². The van der Waals surface area contributed by atoms with E-state index in [2.05, 4.69) is 26.6 Å². The number of alkyl carbamates (subject to hydrolysis) is 1. The fourth-order valence-electron chi connectivity index (χ4n) is 2.75. The van der Waals surface area contributed by atoms with E-state index in [-0.39, 0.29) is 23.9 Å². The molecule has 1 saturated carbocycles. The quantitative estimate of drug-likeness (QED) is 0.740. The summed E-state index contributed by atoms with van der Waals surface area (Å²) in [5.41, 5.74) is 0.599. The van der Waals surface area contributed by atoms with Crippen molar-refractivity contribution in [1.29, 1.82) is 0 Å². The molecule has 0 bridgehead atoms. The first-order chi connectivity index (χ1) is 10.7. The van der Waals surface area contributed by atoms with Gasteiger partial charge in [0.1, 0.15) is 11.4 Å². The van der Waals surface area contributed by atoms with Crippen molar-refractivity contribution in [3.63, 3.8) is 0 Å². The number of benzene rings is 1. The lowest BCUT2D eigenvalue weighted by Gasteiger charge is -2.25. The molecule has 128 valence electrons. The van der Waals surface area contributed by atoms with Gasteiger partial charge in [-0.1, -0.05) is 6.07 Å². The fraction of sp³-hybridized carbons (Fsp3) is 0.588. The van der Waals surface area contributed by atoms with Crippen molar-refractivity contribution in [2.45, 2.75) is 64.3 Å². The lowest BCUT2D eigenvalue weighted by molar-refractivity contribution is 0.0498. The molecule has 1 fully saturated rings. The maximum absolute atomic E-state index is 11.9. The number of halogens is 1. The van der Waals surface area contributed by atoms with Crippen molar-refractivity contribution in [3.05, 3.63) is 28.2 Å². The highest BCUT2D eigenvalue weighted by molar-refractivity contribution is 9.10. The van der Waals surface area contributed by atoms with Crippen LogP contribution in [0.15, 0.2) is 22.7 Å². The molecule has 1 aliphatic carbocycles. The van der Waals surface area contributed by atoms with E-state index in [1.165, 1.54) is 0 Å². The van der Waals surface area contributed by atoms with Crippen molar-refractivity contribution < 1.29 is 14.6 Å². The summed E-state index contributed by atoms with van der Waals surface area (Å²) in [6.07, 6.45) is 2.71. The summed E-state index contributed by atoms with van der Waals surface area (Å²) in [7, 11) is 0. The topological polar surface area (TPSA) is 70.6 Å². The number of phenols is 1. The van der Waals surface area contributed by atoms with Crippen LogP contribution in [-0.2, 0) is 11.3 Å². The molecule has 1 amide bonds. The maximum atomic E-state index is 11.9. The van der Waals surface area contributed by atoms with E-state index in [1.54, 1.807) is 6.07 Å². The summed E-state index contributed by atoms with van der Waals surface area (Å²) < 4.78 is 6.01. The summed E-state index contributed by atoms with van der Waals surface area (Å²) >= 11 is 3.32. The molecule has 2 unspecified atom stereocenters. The molecule has 0 saturated heterocycles. The molecule has 6 heteroatoms. The van der Waals surface area contributed by atoms with Crippen LogP contribution in [0.5, 0.6) is 5.75 Å². The Morgan fingerprint density at radius 1 is 1.35 bits per heavy atom. The number of hydrogen-bond acceptors (Lipinski definition) is 4. The van der Waals surface area contributed by atoms with Crippen LogP contribution in [0.25, 0.3) is 0 Å². The van der Waals surface area contributed by atoms with E-state index in [9.17, 15) is 9.90 Å². The van der Waals surface area contributed by atoms with Crippen LogP contribution in [-0.4, -0.2) is 28.9 Å². The van der Waals surface area contributed by atoms with Gasteiger partial charge in [0.2, 0.25) is 0 Å². The smallest absolute Gasteiger partial charge is 0.407 e. The van der Waals surface area contributed by atoms with Gasteiger partial charge in [-0.2, -0.15) is 0 Å². The average Bonchev–Trinajstić information content (AvgIpc) is 2.85. The van der Waals surface area contributed by atoms with Crippen molar-refractivity contribution in [1.82, 2.24) is 10.6 Å². The Morgan fingerprint density at radius 3 is 2.70 bits per heavy atom. The molecular formula is C17H25BrN2O3. The van der Waals surface area contributed by atoms with Gasteiger partial charge in [-0.05, 0) is 73.7 Å². The Morgan fingerprint density at radius 2 is 2.04 bits per heavy atom. The number of phenolic OH excluding ortho intramolecular Hbond substituents is 1. The monoisotopic (exact) mass is 384 g/mol. The minimum Gasteiger partial charge on any atom is -0.507 e. The molecule has 2 rings (SSSR count). The molecule has 0 spiro atoms. The van der Waals surface area contributed by atoms with Crippen molar-refractivity contribution in [3.8, 4) is 5.75 Å². The Labute approximate surface area is 145 Å². The van der Waals surface area contributed by atoms with E-state index in [1.807, 2.05) is 32.9 Å². The zero-order chi connectivity index (χ0) is 17.0. The molecule has 23 heavy (non-hydrogen) atoms. The Kier molecular flexibility index (Phi) is 5.92. The van der Waals surface area contributed by atoms with E-state index < -0.39 is 5.60 Å². The largest absolute Gasteiger partial charge is 0.507 e. The van der Waals surface area contributed by atoms with Gasteiger partial charge in [0.15, 0.2) is 0 Å². The number of carbonyl (C=O) groups is 1. The maximum Gasteiger partial charge on any atom is 0.407 e. The van der Waals surface area contributed by atoms with Crippen LogP contribution >= 0.6 is 15.9 Å². The summed E-state index contributed by atoms with van der Waals surface area (Å²) in [5, 5.41) is 16.0. The number of amides is 1. The summed E-state index contributed by atoms with van der Waals surface area (Å²) in [6.45, 7) is 6.27.